The summed E-state index contributed by atoms with van der Waals surface area (Å²) in [5.74, 6) is 0.980. The summed E-state index contributed by atoms with van der Waals surface area (Å²) >= 11 is 1.74. The number of hydrogen-bond donors (Lipinski definition) is 0. The minimum absolute atomic E-state index is 0.0141. The number of allylic oxidation sites excluding steroid dienone is 1. The van der Waals surface area contributed by atoms with E-state index in [-0.39, 0.29) is 10.7 Å². The summed E-state index contributed by atoms with van der Waals surface area (Å²) in [5.41, 5.74) is 4.18. The molecule has 2 aliphatic heterocycles. The van der Waals surface area contributed by atoms with E-state index in [1.54, 1.807) is 11.8 Å². The predicted molar refractivity (Wildman–Crippen MR) is 128 cm³/mol. The monoisotopic (exact) mass is 422 g/mol. The number of fused-ring (bicyclic) bond motifs is 1. The summed E-state index contributed by atoms with van der Waals surface area (Å²) in [5, 5.41) is 10.8. The number of rotatable bonds is 7. The standard InChI is InChI=1S/C26H36N3S/c1-4-28-19-21(18-27)30-25(28)17-24-26(2,3)22-14-7-8-15-23(22)29(24)16-10-9-13-20-11-5-6-12-20/h7-8,14-15,17,20-21H,4-6,9-13,16,19H2,1-3H3/q+1. The van der Waals surface area contributed by atoms with Crippen LogP contribution in [0, 0.1) is 17.2 Å². The van der Waals surface area contributed by atoms with Crippen molar-refractivity contribution in [3.8, 4) is 6.07 Å². The van der Waals surface area contributed by atoms with E-state index in [4.69, 9.17) is 0 Å². The largest absolute Gasteiger partial charge is 0.344 e. The molecule has 1 unspecified atom stereocenters. The van der Waals surface area contributed by atoms with E-state index >= 15 is 0 Å². The molecule has 0 N–H and O–H groups in total. The lowest BCUT2D eigenvalue weighted by molar-refractivity contribution is -0.515. The van der Waals surface area contributed by atoms with Crippen molar-refractivity contribution in [2.24, 2.45) is 5.92 Å². The fourth-order valence-electron chi connectivity index (χ4n) is 5.49. The molecule has 1 aromatic carbocycles. The van der Waals surface area contributed by atoms with Gasteiger partial charge in [0.15, 0.2) is 11.8 Å². The SMILES string of the molecule is CC[N+]1=C(/C=C2/N(CCCCC3CCCC3)c3ccccc3C2(C)C)SC(C#N)C1. The average Bonchev–Trinajstić information content (AvgIpc) is 3.45. The molecule has 4 rings (SSSR count). The maximum atomic E-state index is 9.45. The van der Waals surface area contributed by atoms with Gasteiger partial charge in [-0.15, -0.1) is 0 Å². The van der Waals surface area contributed by atoms with Gasteiger partial charge >= 0.3 is 0 Å². The van der Waals surface area contributed by atoms with Crippen LogP contribution in [0.4, 0.5) is 5.69 Å². The third-order valence-corrected chi connectivity index (χ3v) is 8.42. The quantitative estimate of drug-likeness (QED) is 0.393. The molecule has 3 nitrogen and oxygen atoms in total. The van der Waals surface area contributed by atoms with Crippen molar-refractivity contribution in [3.05, 3.63) is 41.6 Å². The van der Waals surface area contributed by atoms with E-state index in [0.29, 0.717) is 0 Å². The molecule has 0 amide bonds. The molecular weight excluding hydrogens is 386 g/mol. The molecule has 1 aromatic rings. The molecule has 1 aliphatic carbocycles. The molecule has 1 saturated carbocycles. The number of nitriles is 1. The van der Waals surface area contributed by atoms with Crippen LogP contribution in [-0.4, -0.2) is 34.5 Å². The number of benzene rings is 1. The van der Waals surface area contributed by atoms with Crippen molar-refractivity contribution in [1.29, 1.82) is 5.26 Å². The lowest BCUT2D eigenvalue weighted by atomic mass is 9.84. The number of thioether (sulfide) groups is 1. The smallest absolute Gasteiger partial charge is 0.238 e. The first-order valence-corrected chi connectivity index (χ1v) is 12.7. The van der Waals surface area contributed by atoms with Crippen LogP contribution in [0.3, 0.4) is 0 Å². The van der Waals surface area contributed by atoms with Crippen molar-refractivity contribution >= 4 is 22.5 Å². The normalized spacial score (nSPS) is 24.7. The van der Waals surface area contributed by atoms with Crippen LogP contribution in [0.2, 0.25) is 0 Å². The second kappa shape index (κ2) is 9.18. The number of anilines is 1. The predicted octanol–water partition coefficient (Wildman–Crippen LogP) is 6.10. The zero-order chi connectivity index (χ0) is 21.1. The molecule has 30 heavy (non-hydrogen) atoms. The van der Waals surface area contributed by atoms with Gasteiger partial charge in [-0.25, -0.2) is 4.58 Å². The Hall–Kier alpha value is -1.73. The second-order valence-corrected chi connectivity index (χ2v) is 10.8. The minimum Gasteiger partial charge on any atom is -0.344 e. The highest BCUT2D eigenvalue weighted by atomic mass is 32.2. The summed E-state index contributed by atoms with van der Waals surface area (Å²) in [6.45, 7) is 9.78. The lowest BCUT2D eigenvalue weighted by Crippen LogP contribution is -2.28. The van der Waals surface area contributed by atoms with Gasteiger partial charge in [0.25, 0.3) is 0 Å². The Morgan fingerprint density at radius 2 is 2.00 bits per heavy atom. The highest BCUT2D eigenvalue weighted by molar-refractivity contribution is 8.15. The molecule has 4 heteroatoms. The van der Waals surface area contributed by atoms with Crippen LogP contribution >= 0.6 is 11.8 Å². The van der Waals surface area contributed by atoms with Crippen molar-refractivity contribution in [2.75, 3.05) is 24.5 Å². The van der Waals surface area contributed by atoms with Crippen LogP contribution in [0.5, 0.6) is 0 Å². The highest BCUT2D eigenvalue weighted by Crippen LogP contribution is 2.48. The number of unbranched alkanes of at least 4 members (excludes halogenated alkanes) is 1. The molecular formula is C26H36N3S+. The number of hydrogen-bond acceptors (Lipinski definition) is 3. The molecule has 3 aliphatic rings. The summed E-state index contributed by atoms with van der Waals surface area (Å²) in [7, 11) is 0. The maximum Gasteiger partial charge on any atom is 0.238 e. The fraction of sp³-hybridized carbons (Fsp3) is 0.615. The molecule has 160 valence electrons. The first kappa shape index (κ1) is 21.5. The van der Waals surface area contributed by atoms with Crippen molar-refractivity contribution < 1.29 is 4.58 Å². The highest BCUT2D eigenvalue weighted by Gasteiger charge is 2.41. The number of nitrogens with zero attached hydrogens (tertiary/aromatic N) is 3. The second-order valence-electron chi connectivity index (χ2n) is 9.58. The minimum atomic E-state index is -0.0141. The fourth-order valence-corrected chi connectivity index (χ4v) is 6.62. The zero-order valence-electron chi connectivity index (χ0n) is 18.9. The van der Waals surface area contributed by atoms with E-state index in [0.717, 1.165) is 25.6 Å². The number of para-hydroxylation sites is 1. The molecule has 0 radical (unpaired) electrons. The van der Waals surface area contributed by atoms with Crippen LogP contribution < -0.4 is 4.90 Å². The first-order valence-electron chi connectivity index (χ1n) is 11.8. The van der Waals surface area contributed by atoms with Gasteiger partial charge in [-0.2, -0.15) is 5.26 Å². The average molecular weight is 423 g/mol. The van der Waals surface area contributed by atoms with Gasteiger partial charge in [0.1, 0.15) is 6.54 Å². The Labute approximate surface area is 186 Å². The topological polar surface area (TPSA) is 30.0 Å². The Morgan fingerprint density at radius 1 is 1.23 bits per heavy atom. The Kier molecular flexibility index (Phi) is 6.58. The van der Waals surface area contributed by atoms with Crippen molar-refractivity contribution in [3.63, 3.8) is 0 Å². The molecule has 0 bridgehead atoms. The Balaban J connectivity index is 1.57. The Morgan fingerprint density at radius 3 is 2.73 bits per heavy atom. The van der Waals surface area contributed by atoms with Gasteiger partial charge in [0.2, 0.25) is 5.04 Å². The molecule has 2 heterocycles. The zero-order valence-corrected chi connectivity index (χ0v) is 19.7. The third kappa shape index (κ3) is 4.19. The van der Waals surface area contributed by atoms with E-state index in [1.165, 1.54) is 66.9 Å². The van der Waals surface area contributed by atoms with E-state index < -0.39 is 0 Å². The lowest BCUT2D eigenvalue weighted by Gasteiger charge is -2.27. The molecule has 0 saturated heterocycles. The van der Waals surface area contributed by atoms with E-state index in [9.17, 15) is 5.26 Å². The molecule has 1 fully saturated rings. The van der Waals surface area contributed by atoms with Crippen LogP contribution in [0.1, 0.15) is 71.3 Å². The summed E-state index contributed by atoms with van der Waals surface area (Å²) in [6, 6.07) is 11.4. The van der Waals surface area contributed by atoms with Gasteiger partial charge in [-0.05, 0) is 42.7 Å². The third-order valence-electron chi connectivity index (χ3n) is 7.26. The van der Waals surface area contributed by atoms with Crippen molar-refractivity contribution in [1.82, 2.24) is 0 Å². The molecule has 0 aromatic heterocycles. The van der Waals surface area contributed by atoms with Gasteiger partial charge in [0.05, 0.1) is 6.07 Å². The van der Waals surface area contributed by atoms with E-state index in [1.807, 2.05) is 0 Å². The maximum absolute atomic E-state index is 9.45. The van der Waals surface area contributed by atoms with Crippen LogP contribution in [0.15, 0.2) is 36.0 Å². The van der Waals surface area contributed by atoms with Gasteiger partial charge in [0, 0.05) is 29.4 Å². The summed E-state index contributed by atoms with van der Waals surface area (Å²) < 4.78 is 2.36. The van der Waals surface area contributed by atoms with Gasteiger partial charge in [-0.1, -0.05) is 70.6 Å². The summed E-state index contributed by atoms with van der Waals surface area (Å²) in [6.07, 6.45) is 12.2. The van der Waals surface area contributed by atoms with Crippen LogP contribution in [-0.2, 0) is 5.41 Å². The van der Waals surface area contributed by atoms with E-state index in [2.05, 4.69) is 66.7 Å². The van der Waals surface area contributed by atoms with Gasteiger partial charge < -0.3 is 4.90 Å². The summed E-state index contributed by atoms with van der Waals surface area (Å²) in [4.78, 5) is 2.57. The van der Waals surface area contributed by atoms with Crippen LogP contribution in [0.25, 0.3) is 0 Å². The Bertz CT molecular complexity index is 871. The first-order chi connectivity index (χ1) is 14.5. The van der Waals surface area contributed by atoms with Crippen molar-refractivity contribution in [2.45, 2.75) is 76.4 Å². The molecule has 0 spiro atoms. The van der Waals surface area contributed by atoms with Gasteiger partial charge in [-0.3, -0.25) is 0 Å². The molecule has 1 atom stereocenters.